The van der Waals surface area contributed by atoms with Gasteiger partial charge in [0.2, 0.25) is 0 Å². The molecular formula is C58H59ClF4N10O4. The summed E-state index contributed by atoms with van der Waals surface area (Å²) >= 11 is 6.27. The number of nitrogens with one attached hydrogen (secondary N) is 1. The van der Waals surface area contributed by atoms with Crippen molar-refractivity contribution in [2.24, 2.45) is 0 Å². The SMILES string of the molecule is Cc1c(-c2cncc(F)c2)nc2ccc(F)cc2c1Cl.Cc1c(-c2cncc(F)c2)nc2ccc(F)cc2c1Nc1cc(N2CCOCC2)ccc1N1CCOCC1.Nc1cc(N2CCOCC2)ccc1N1CCOCC1. The third-order valence-electron chi connectivity index (χ3n) is 14.0. The van der Waals surface area contributed by atoms with Gasteiger partial charge in [-0.25, -0.2) is 27.5 Å². The standard InChI is InChI=1S/C29H29F2N5O2.C15H9ClF2N2.C14H21N3O2/c1-19-28(20-14-22(31)18-32-17-20)33-25-4-2-21(30)15-24(25)29(19)34-26-16-23(35-6-10-37-11-7-35)3-5-27(26)36-8-12-38-13-9-36;1-8-14(16)12-5-10(17)2-3-13(12)20-15(8)9-4-11(18)7-19-6-9;15-13-11-12(16-3-7-18-8-4-16)1-2-14(13)17-5-9-19-10-6-17/h2-5,14-18H,6-13H2,1H3,(H,33,34);2-7H,1H3;1-2,11H,3-10,15H2. The third kappa shape index (κ3) is 12.4. The molecule has 0 aliphatic carbocycles. The molecule has 4 aromatic heterocycles. The summed E-state index contributed by atoms with van der Waals surface area (Å²) in [5.74, 6) is -1.61. The summed E-state index contributed by atoms with van der Waals surface area (Å²) in [6.07, 6.45) is 5.40. The summed E-state index contributed by atoms with van der Waals surface area (Å²) in [5, 5.41) is 5.25. The van der Waals surface area contributed by atoms with Crippen LogP contribution in [0.4, 0.5) is 57.4 Å². The second kappa shape index (κ2) is 24.3. The maximum Gasteiger partial charge on any atom is 0.142 e. The van der Waals surface area contributed by atoms with E-state index in [1.807, 2.05) is 6.92 Å². The van der Waals surface area contributed by atoms with E-state index in [1.165, 1.54) is 54.5 Å². The van der Waals surface area contributed by atoms with E-state index in [2.05, 4.69) is 76.3 Å². The Labute approximate surface area is 449 Å². The molecule has 4 aromatic carbocycles. The maximum atomic E-state index is 14.5. The molecular weight excluding hydrogens is 1010 g/mol. The average Bonchev–Trinajstić information content (AvgIpc) is 3.48. The number of nitrogens with zero attached hydrogens (tertiary/aromatic N) is 8. The van der Waals surface area contributed by atoms with Gasteiger partial charge in [-0.05, 0) is 110 Å². The van der Waals surface area contributed by atoms with E-state index in [1.54, 1.807) is 25.3 Å². The zero-order valence-electron chi connectivity index (χ0n) is 42.9. The number of hydrogen-bond donors (Lipinski definition) is 2. The number of hydrogen-bond acceptors (Lipinski definition) is 14. The summed E-state index contributed by atoms with van der Waals surface area (Å²) in [6, 6.07) is 24.3. The van der Waals surface area contributed by atoms with E-state index in [4.69, 9.17) is 41.3 Å². The molecule has 0 amide bonds. The Balaban J connectivity index is 0.000000145. The summed E-state index contributed by atoms with van der Waals surface area (Å²) in [4.78, 5) is 26.2. The first-order valence-corrected chi connectivity index (χ1v) is 26.0. The lowest BCUT2D eigenvalue weighted by molar-refractivity contribution is 0.122. The topological polar surface area (TPSA) is 139 Å². The van der Waals surface area contributed by atoms with E-state index < -0.39 is 11.6 Å². The van der Waals surface area contributed by atoms with Gasteiger partial charge in [-0.3, -0.25) is 9.97 Å². The highest BCUT2D eigenvalue weighted by atomic mass is 35.5. The third-order valence-corrected chi connectivity index (χ3v) is 14.5. The second-order valence-electron chi connectivity index (χ2n) is 18.9. The first-order chi connectivity index (χ1) is 37.5. The number of fused-ring (bicyclic) bond motifs is 2. The van der Waals surface area contributed by atoms with Crippen LogP contribution in [0.15, 0.2) is 110 Å². The van der Waals surface area contributed by atoms with Crippen molar-refractivity contribution >= 4 is 73.2 Å². The van der Waals surface area contributed by atoms with E-state index in [0.29, 0.717) is 81.3 Å². The van der Waals surface area contributed by atoms with Crippen LogP contribution in [0, 0.1) is 37.1 Å². The lowest BCUT2D eigenvalue weighted by atomic mass is 10.0. The molecule has 0 spiro atoms. The molecule has 0 unspecified atom stereocenters. The van der Waals surface area contributed by atoms with Crippen molar-refractivity contribution in [3.63, 3.8) is 0 Å². The van der Waals surface area contributed by atoms with Crippen LogP contribution in [0.1, 0.15) is 11.1 Å². The highest BCUT2D eigenvalue weighted by molar-refractivity contribution is 6.36. The molecule has 14 nitrogen and oxygen atoms in total. The van der Waals surface area contributed by atoms with Crippen molar-refractivity contribution in [1.82, 2.24) is 19.9 Å². The highest BCUT2D eigenvalue weighted by Gasteiger charge is 2.23. The number of halogens is 5. The van der Waals surface area contributed by atoms with Crippen molar-refractivity contribution in [2.45, 2.75) is 13.8 Å². The smallest absolute Gasteiger partial charge is 0.142 e. The van der Waals surface area contributed by atoms with Gasteiger partial charge in [0, 0.05) is 98.0 Å². The van der Waals surface area contributed by atoms with Gasteiger partial charge in [-0.15, -0.1) is 0 Å². The summed E-state index contributed by atoms with van der Waals surface area (Å²) < 4.78 is 77.0. The van der Waals surface area contributed by atoms with E-state index in [0.717, 1.165) is 125 Å². The predicted molar refractivity (Wildman–Crippen MR) is 297 cm³/mol. The Morgan fingerprint density at radius 1 is 0.481 bits per heavy atom. The van der Waals surface area contributed by atoms with Crippen LogP contribution in [-0.4, -0.2) is 125 Å². The molecule has 4 fully saturated rings. The van der Waals surface area contributed by atoms with Crippen LogP contribution in [0.5, 0.6) is 0 Å². The van der Waals surface area contributed by atoms with E-state index in [9.17, 15) is 17.6 Å². The van der Waals surface area contributed by atoms with Crippen LogP contribution >= 0.6 is 11.6 Å². The Bertz CT molecular complexity index is 3370. The number of ether oxygens (including phenoxy) is 4. The number of benzene rings is 4. The number of nitrogen functional groups attached to an aromatic ring is 1. The Kier molecular flexibility index (Phi) is 16.8. The molecule has 400 valence electrons. The van der Waals surface area contributed by atoms with Crippen molar-refractivity contribution in [2.75, 3.05) is 136 Å². The van der Waals surface area contributed by atoms with Crippen LogP contribution in [0.2, 0.25) is 5.02 Å². The van der Waals surface area contributed by atoms with E-state index >= 15 is 0 Å². The molecule has 77 heavy (non-hydrogen) atoms. The summed E-state index contributed by atoms with van der Waals surface area (Å²) in [5.41, 5.74) is 18.0. The number of nitrogens with two attached hydrogens (primary N) is 1. The molecule has 4 aliphatic rings. The largest absolute Gasteiger partial charge is 0.397 e. The second-order valence-corrected chi connectivity index (χ2v) is 19.3. The van der Waals surface area contributed by atoms with Crippen molar-refractivity contribution in [3.05, 3.63) is 149 Å². The molecule has 19 heteroatoms. The number of pyridine rings is 4. The molecule has 3 N–H and O–H groups in total. The Hall–Kier alpha value is -7.35. The lowest BCUT2D eigenvalue weighted by Gasteiger charge is -2.33. The van der Waals surface area contributed by atoms with Crippen LogP contribution < -0.4 is 30.7 Å². The lowest BCUT2D eigenvalue weighted by Crippen LogP contribution is -2.37. The van der Waals surface area contributed by atoms with Crippen molar-refractivity contribution in [3.8, 4) is 22.5 Å². The van der Waals surface area contributed by atoms with Gasteiger partial charge in [0.05, 0.1) is 121 Å². The fourth-order valence-corrected chi connectivity index (χ4v) is 10.2. The molecule has 8 aromatic rings. The summed E-state index contributed by atoms with van der Waals surface area (Å²) in [7, 11) is 0. The highest BCUT2D eigenvalue weighted by Crippen LogP contribution is 2.40. The number of morpholine rings is 4. The van der Waals surface area contributed by atoms with Crippen LogP contribution in [0.25, 0.3) is 44.3 Å². The molecule has 0 saturated carbocycles. The monoisotopic (exact) mass is 1070 g/mol. The Morgan fingerprint density at radius 3 is 1.43 bits per heavy atom. The van der Waals surface area contributed by atoms with Gasteiger partial charge in [-0.2, -0.15) is 0 Å². The van der Waals surface area contributed by atoms with Gasteiger partial charge in [-0.1, -0.05) is 11.6 Å². The minimum Gasteiger partial charge on any atom is -0.397 e. The maximum absolute atomic E-state index is 14.5. The average molecular weight is 1070 g/mol. The first-order valence-electron chi connectivity index (χ1n) is 25.7. The zero-order chi connectivity index (χ0) is 53.4. The fraction of sp³-hybridized carbons (Fsp3) is 0.310. The summed E-state index contributed by atoms with van der Waals surface area (Å²) in [6.45, 7) is 16.4. The number of rotatable bonds is 8. The minimum absolute atomic E-state index is 0.350. The number of aromatic nitrogens is 4. The van der Waals surface area contributed by atoms with Gasteiger partial charge in [0.15, 0.2) is 0 Å². The first kappa shape index (κ1) is 53.1. The van der Waals surface area contributed by atoms with Gasteiger partial charge < -0.3 is 49.6 Å². The number of anilines is 7. The molecule has 8 heterocycles. The van der Waals surface area contributed by atoms with Crippen molar-refractivity contribution in [1.29, 1.82) is 0 Å². The minimum atomic E-state index is -0.445. The zero-order valence-corrected chi connectivity index (χ0v) is 43.6. The predicted octanol–water partition coefficient (Wildman–Crippen LogP) is 10.8. The molecule has 0 radical (unpaired) electrons. The van der Waals surface area contributed by atoms with Gasteiger partial charge >= 0.3 is 0 Å². The Morgan fingerprint density at radius 2 is 0.922 bits per heavy atom. The molecule has 4 aliphatic heterocycles. The quantitative estimate of drug-likeness (QED) is 0.110. The normalized spacial score (nSPS) is 15.9. The van der Waals surface area contributed by atoms with Crippen molar-refractivity contribution < 1.29 is 36.5 Å². The fourth-order valence-electron chi connectivity index (χ4n) is 9.94. The molecule has 0 bridgehead atoms. The molecule has 0 atom stereocenters. The van der Waals surface area contributed by atoms with Crippen LogP contribution in [-0.2, 0) is 18.9 Å². The van der Waals surface area contributed by atoms with E-state index in [-0.39, 0.29) is 11.6 Å². The molecule has 12 rings (SSSR count). The van der Waals surface area contributed by atoms with Crippen LogP contribution in [0.3, 0.4) is 0 Å². The molecule has 4 saturated heterocycles. The van der Waals surface area contributed by atoms with Gasteiger partial charge in [0.25, 0.3) is 0 Å². The van der Waals surface area contributed by atoms with Gasteiger partial charge in [0.1, 0.15) is 23.3 Å².